The van der Waals surface area contributed by atoms with Crippen LogP contribution in [-0.2, 0) is 11.3 Å². The van der Waals surface area contributed by atoms with E-state index in [1.807, 2.05) is 25.1 Å². The Morgan fingerprint density at radius 3 is 2.61 bits per heavy atom. The fourth-order valence-electron chi connectivity index (χ4n) is 2.42. The van der Waals surface area contributed by atoms with Gasteiger partial charge in [-0.25, -0.2) is 4.39 Å². The normalized spacial score (nSPS) is 10.7. The van der Waals surface area contributed by atoms with Crippen LogP contribution >= 0.6 is 0 Å². The van der Waals surface area contributed by atoms with E-state index in [4.69, 9.17) is 4.74 Å². The van der Waals surface area contributed by atoms with Crippen molar-refractivity contribution in [2.24, 2.45) is 0 Å². The maximum atomic E-state index is 13.5. The first kappa shape index (κ1) is 17.0. The van der Waals surface area contributed by atoms with Crippen LogP contribution in [0.3, 0.4) is 0 Å². The number of amides is 1. The summed E-state index contributed by atoms with van der Waals surface area (Å²) in [6, 6.07) is 12.2. The van der Waals surface area contributed by atoms with Crippen molar-refractivity contribution in [3.63, 3.8) is 0 Å². The molecule has 0 aliphatic rings. The Hall–Kier alpha value is -2.36. The van der Waals surface area contributed by atoms with Gasteiger partial charge in [-0.2, -0.15) is 0 Å². The predicted octanol–water partition coefficient (Wildman–Crippen LogP) is 3.95. The molecule has 23 heavy (non-hydrogen) atoms. The average molecular weight is 315 g/mol. The molecule has 4 heteroatoms. The van der Waals surface area contributed by atoms with Crippen LogP contribution in [0, 0.1) is 12.7 Å². The molecule has 2 rings (SSSR count). The van der Waals surface area contributed by atoms with E-state index in [-0.39, 0.29) is 24.9 Å². The zero-order chi connectivity index (χ0) is 16.8. The number of benzene rings is 2. The Bertz CT molecular complexity index is 683. The topological polar surface area (TPSA) is 38.3 Å². The van der Waals surface area contributed by atoms with Crippen molar-refractivity contribution in [1.29, 1.82) is 0 Å². The molecule has 0 saturated carbocycles. The van der Waals surface area contributed by atoms with Gasteiger partial charge >= 0.3 is 0 Å². The minimum Gasteiger partial charge on any atom is -0.484 e. The first-order valence-corrected chi connectivity index (χ1v) is 7.71. The second-order valence-electron chi connectivity index (χ2n) is 5.83. The molecule has 0 unspecified atom stereocenters. The molecule has 0 bridgehead atoms. The van der Waals surface area contributed by atoms with E-state index in [0.717, 1.165) is 5.56 Å². The van der Waals surface area contributed by atoms with Crippen molar-refractivity contribution < 1.29 is 13.9 Å². The number of carbonyl (C=O) groups is 1. The summed E-state index contributed by atoms with van der Waals surface area (Å²) in [5.74, 6) is 0.508. The lowest BCUT2D eigenvalue weighted by molar-refractivity contribution is -0.123. The molecule has 0 atom stereocenters. The molecule has 0 aliphatic carbocycles. The Kier molecular flexibility index (Phi) is 5.74. The number of hydrogen-bond acceptors (Lipinski definition) is 2. The van der Waals surface area contributed by atoms with Crippen LogP contribution in [-0.4, -0.2) is 12.5 Å². The first-order valence-electron chi connectivity index (χ1n) is 7.71. The summed E-state index contributed by atoms with van der Waals surface area (Å²) < 4.78 is 19.0. The molecule has 0 saturated heterocycles. The van der Waals surface area contributed by atoms with Crippen LogP contribution in [0.4, 0.5) is 4.39 Å². The third kappa shape index (κ3) is 4.81. The van der Waals surface area contributed by atoms with Crippen LogP contribution in [0.25, 0.3) is 0 Å². The van der Waals surface area contributed by atoms with E-state index in [0.29, 0.717) is 17.2 Å². The van der Waals surface area contributed by atoms with Gasteiger partial charge in [0.05, 0.1) is 0 Å². The highest BCUT2D eigenvalue weighted by Gasteiger charge is 2.08. The largest absolute Gasteiger partial charge is 0.484 e. The summed E-state index contributed by atoms with van der Waals surface area (Å²) in [5.41, 5.74) is 2.86. The molecule has 0 spiro atoms. The van der Waals surface area contributed by atoms with E-state index < -0.39 is 0 Å². The quantitative estimate of drug-likeness (QED) is 0.876. The molecule has 0 heterocycles. The van der Waals surface area contributed by atoms with Crippen LogP contribution in [0.1, 0.15) is 36.5 Å². The Labute approximate surface area is 136 Å². The van der Waals surface area contributed by atoms with Crippen LogP contribution in [0.5, 0.6) is 5.75 Å². The van der Waals surface area contributed by atoms with Crippen molar-refractivity contribution in [2.45, 2.75) is 33.2 Å². The second-order valence-corrected chi connectivity index (χ2v) is 5.83. The molecule has 122 valence electrons. The third-order valence-electron chi connectivity index (χ3n) is 3.67. The molecule has 2 aromatic rings. The lowest BCUT2D eigenvalue weighted by atomic mass is 9.98. The van der Waals surface area contributed by atoms with Gasteiger partial charge < -0.3 is 10.1 Å². The number of carbonyl (C=O) groups excluding carboxylic acids is 1. The number of aryl methyl sites for hydroxylation is 1. The van der Waals surface area contributed by atoms with Crippen molar-refractivity contribution >= 4 is 5.91 Å². The summed E-state index contributed by atoms with van der Waals surface area (Å²) in [7, 11) is 0. The van der Waals surface area contributed by atoms with E-state index >= 15 is 0 Å². The van der Waals surface area contributed by atoms with Gasteiger partial charge in [0.2, 0.25) is 0 Å². The van der Waals surface area contributed by atoms with E-state index in [2.05, 4.69) is 19.2 Å². The number of rotatable bonds is 6. The van der Waals surface area contributed by atoms with Crippen LogP contribution in [0.15, 0.2) is 42.5 Å². The molecule has 3 nitrogen and oxygen atoms in total. The van der Waals surface area contributed by atoms with Crippen molar-refractivity contribution in [3.05, 3.63) is 65.0 Å². The van der Waals surface area contributed by atoms with Gasteiger partial charge in [0.25, 0.3) is 5.91 Å². The number of halogens is 1. The number of hydrogen-bond donors (Lipinski definition) is 1. The maximum absolute atomic E-state index is 13.5. The minimum atomic E-state index is -0.325. The fraction of sp³-hybridized carbons (Fsp3) is 0.316. The highest BCUT2D eigenvalue weighted by molar-refractivity contribution is 5.77. The molecule has 0 aromatic heterocycles. The van der Waals surface area contributed by atoms with Gasteiger partial charge in [-0.3, -0.25) is 4.79 Å². The number of nitrogens with one attached hydrogen (secondary N) is 1. The Morgan fingerprint density at radius 2 is 1.96 bits per heavy atom. The first-order chi connectivity index (χ1) is 11.0. The zero-order valence-corrected chi connectivity index (χ0v) is 13.7. The second kappa shape index (κ2) is 7.77. The van der Waals surface area contributed by atoms with Gasteiger partial charge in [-0.05, 0) is 42.2 Å². The van der Waals surface area contributed by atoms with E-state index in [1.165, 1.54) is 11.6 Å². The van der Waals surface area contributed by atoms with Crippen molar-refractivity contribution in [3.8, 4) is 5.75 Å². The van der Waals surface area contributed by atoms with E-state index in [1.54, 1.807) is 18.2 Å². The zero-order valence-electron chi connectivity index (χ0n) is 13.7. The molecule has 2 aromatic carbocycles. The van der Waals surface area contributed by atoms with Crippen molar-refractivity contribution in [2.75, 3.05) is 6.61 Å². The Morgan fingerprint density at radius 1 is 1.22 bits per heavy atom. The summed E-state index contributed by atoms with van der Waals surface area (Å²) in [4.78, 5) is 11.8. The van der Waals surface area contributed by atoms with Crippen LogP contribution < -0.4 is 10.1 Å². The molecule has 1 N–H and O–H groups in total. The fourth-order valence-corrected chi connectivity index (χ4v) is 2.42. The lowest BCUT2D eigenvalue weighted by Crippen LogP contribution is -2.28. The van der Waals surface area contributed by atoms with Crippen LogP contribution in [0.2, 0.25) is 0 Å². The highest BCUT2D eigenvalue weighted by atomic mass is 19.1. The monoisotopic (exact) mass is 315 g/mol. The molecule has 0 fully saturated rings. The van der Waals surface area contributed by atoms with Gasteiger partial charge in [-0.1, -0.05) is 38.1 Å². The molecule has 0 radical (unpaired) electrons. The summed E-state index contributed by atoms with van der Waals surface area (Å²) in [5, 5.41) is 2.65. The van der Waals surface area contributed by atoms with Crippen molar-refractivity contribution in [1.82, 2.24) is 5.32 Å². The van der Waals surface area contributed by atoms with Gasteiger partial charge in [0, 0.05) is 12.1 Å². The third-order valence-corrected chi connectivity index (χ3v) is 3.67. The average Bonchev–Trinajstić information content (AvgIpc) is 2.52. The van der Waals surface area contributed by atoms with Gasteiger partial charge in [-0.15, -0.1) is 0 Å². The van der Waals surface area contributed by atoms with Gasteiger partial charge in [0.15, 0.2) is 6.61 Å². The lowest BCUT2D eigenvalue weighted by Gasteiger charge is -2.12. The SMILES string of the molecule is Cc1cc(OCC(=O)NCc2ccccc2F)ccc1C(C)C. The summed E-state index contributed by atoms with van der Waals surface area (Å²) in [6.45, 7) is 6.37. The van der Waals surface area contributed by atoms with Gasteiger partial charge in [0.1, 0.15) is 11.6 Å². The maximum Gasteiger partial charge on any atom is 0.258 e. The molecule has 0 aliphatic heterocycles. The Balaban J connectivity index is 1.85. The molecular weight excluding hydrogens is 293 g/mol. The summed E-state index contributed by atoms with van der Waals surface area (Å²) in [6.07, 6.45) is 0. The predicted molar refractivity (Wildman–Crippen MR) is 89.0 cm³/mol. The minimum absolute atomic E-state index is 0.0884. The standard InChI is InChI=1S/C19H22FNO2/c1-13(2)17-9-8-16(10-14(17)3)23-12-19(22)21-11-15-6-4-5-7-18(15)20/h4-10,13H,11-12H2,1-3H3,(H,21,22). The molecule has 1 amide bonds. The smallest absolute Gasteiger partial charge is 0.258 e. The highest BCUT2D eigenvalue weighted by Crippen LogP contribution is 2.23. The summed E-state index contributed by atoms with van der Waals surface area (Å²) >= 11 is 0. The van der Waals surface area contributed by atoms with E-state index in [9.17, 15) is 9.18 Å². The molecular formula is C19H22FNO2. The number of ether oxygens (including phenoxy) is 1.